The number of rotatable bonds is 19. The van der Waals surface area contributed by atoms with E-state index < -0.39 is 163 Å². The predicted octanol–water partition coefficient (Wildman–Crippen LogP) is 3.65. The number of hydrogen-bond acceptors (Lipinski definition) is 25. The number of H-pyrrole nitrogens is 4. The van der Waals surface area contributed by atoms with Crippen molar-refractivity contribution in [3.05, 3.63) is 132 Å². The molecule has 5 aliphatic rings. The van der Waals surface area contributed by atoms with Crippen LogP contribution in [0.1, 0.15) is 200 Å². The third kappa shape index (κ3) is 18.6. The fourth-order valence-electron chi connectivity index (χ4n) is 14.4. The number of aliphatic hydroxyl groups excluding tert-OH is 3. The summed E-state index contributed by atoms with van der Waals surface area (Å²) in [5, 5.41) is 30.0. The van der Waals surface area contributed by atoms with Gasteiger partial charge in [0.25, 0.3) is 32.4 Å². The molecule has 16 atom stereocenters. The van der Waals surface area contributed by atoms with Gasteiger partial charge >= 0.3 is 40.7 Å². The summed E-state index contributed by atoms with van der Waals surface area (Å²) in [6.45, 7) is 31.0. The van der Waals surface area contributed by atoms with Gasteiger partial charge in [-0.2, -0.15) is 8.42 Å². The first-order valence-corrected chi connectivity index (χ1v) is 36.1. The molecule has 101 heavy (non-hydrogen) atoms. The Hall–Kier alpha value is -7.28. The number of carbonyl (C=O) groups is 3. The molecule has 0 saturated carbocycles. The molecule has 5 aliphatic heterocycles. The number of carbonyl (C=O) groups excluding carboxylic acids is 3. The number of ether oxygens (including phenoxy) is 8. The fraction of sp³-hybridized carbons (Fsp3) is 0.716. The van der Waals surface area contributed by atoms with E-state index in [-0.39, 0.29) is 36.2 Å². The zero-order valence-electron chi connectivity index (χ0n) is 60.9. The van der Waals surface area contributed by atoms with E-state index in [1.165, 1.54) is 83.5 Å². The van der Waals surface area contributed by atoms with Gasteiger partial charge in [-0.3, -0.25) is 75.9 Å². The van der Waals surface area contributed by atoms with Crippen molar-refractivity contribution in [2.24, 2.45) is 29.6 Å². The average molecular weight is 1450 g/mol. The first-order chi connectivity index (χ1) is 47.2. The van der Waals surface area contributed by atoms with Gasteiger partial charge in [-0.1, -0.05) is 96.9 Å². The highest BCUT2D eigenvalue weighted by atomic mass is 32.2. The number of aliphatic hydroxyl groups is 3. The van der Waals surface area contributed by atoms with E-state index in [1.807, 2.05) is 90.0 Å². The van der Waals surface area contributed by atoms with Crippen molar-refractivity contribution >= 4 is 28.0 Å². The van der Waals surface area contributed by atoms with Crippen LogP contribution in [-0.4, -0.2) is 158 Å². The molecule has 568 valence electrons. The Morgan fingerprint density at radius 3 is 0.960 bits per heavy atom. The minimum atomic E-state index is -3.74. The van der Waals surface area contributed by atoms with E-state index in [0.29, 0.717) is 19.3 Å². The van der Waals surface area contributed by atoms with Crippen LogP contribution in [0.5, 0.6) is 0 Å². The van der Waals surface area contributed by atoms with Gasteiger partial charge < -0.3 is 53.2 Å². The Kier molecular flexibility index (Phi) is 29.1. The molecule has 4 aromatic heterocycles. The van der Waals surface area contributed by atoms with E-state index in [0.717, 1.165) is 49.3 Å². The van der Waals surface area contributed by atoms with E-state index in [9.17, 15) is 76.5 Å². The summed E-state index contributed by atoms with van der Waals surface area (Å²) in [6.07, 6.45) is 4.79. The number of aromatic nitrogens is 8. The fourth-order valence-corrected chi connectivity index (χ4v) is 15.1. The van der Waals surface area contributed by atoms with Crippen molar-refractivity contribution in [2.45, 2.75) is 265 Å². The summed E-state index contributed by atoms with van der Waals surface area (Å²) in [4.78, 5) is 134. The maximum atomic E-state index is 12.1. The first-order valence-electron chi connectivity index (χ1n) is 34.3. The second kappa shape index (κ2) is 34.8. The van der Waals surface area contributed by atoms with Crippen molar-refractivity contribution in [1.29, 1.82) is 0 Å². The Morgan fingerprint density at radius 2 is 0.673 bits per heavy atom. The van der Waals surface area contributed by atoms with Crippen LogP contribution in [0.3, 0.4) is 0 Å². The van der Waals surface area contributed by atoms with Crippen LogP contribution in [0.4, 0.5) is 0 Å². The summed E-state index contributed by atoms with van der Waals surface area (Å²) in [5.41, 5.74) is -7.21. The molecule has 5 saturated heterocycles. The highest BCUT2D eigenvalue weighted by molar-refractivity contribution is 7.86. The Bertz CT molecular complexity index is 3960. The molecule has 9 heterocycles. The second-order valence-electron chi connectivity index (χ2n) is 26.2. The molecule has 0 spiro atoms. The average Bonchev–Trinajstić information content (AvgIpc) is 1.64. The van der Waals surface area contributed by atoms with Crippen LogP contribution in [0, 0.1) is 29.6 Å². The van der Waals surface area contributed by atoms with Gasteiger partial charge in [-0.05, 0) is 57.8 Å². The lowest BCUT2D eigenvalue weighted by Gasteiger charge is -2.30. The monoisotopic (exact) mass is 1450 g/mol. The third-order valence-electron chi connectivity index (χ3n) is 21.2. The number of nitrogens with one attached hydrogen (secondary N) is 4. The van der Waals surface area contributed by atoms with Gasteiger partial charge in [0, 0.05) is 99.4 Å². The number of aromatic amines is 4. The van der Waals surface area contributed by atoms with Crippen molar-refractivity contribution in [3.63, 3.8) is 0 Å². The first kappa shape index (κ1) is 84.4. The van der Waals surface area contributed by atoms with Gasteiger partial charge in [-0.15, -0.1) is 0 Å². The molecule has 7 N–H and O–H groups in total. The molecule has 5 fully saturated rings. The molecule has 0 amide bonds. The molecule has 0 aromatic carbocycles. The molecule has 9 rings (SSSR count). The summed E-state index contributed by atoms with van der Waals surface area (Å²) in [5.74, 6) is -2.00. The van der Waals surface area contributed by atoms with Crippen LogP contribution in [0.2, 0.25) is 0 Å². The molecular weight excluding hydrogens is 1350 g/mol. The molecule has 1 unspecified atom stereocenters. The molecule has 33 nitrogen and oxygen atoms in total. The quantitative estimate of drug-likeness (QED) is 0.0400. The summed E-state index contributed by atoms with van der Waals surface area (Å²) in [7, 11) is -3.74. The highest BCUT2D eigenvalue weighted by Crippen LogP contribution is 2.50. The van der Waals surface area contributed by atoms with E-state index in [4.69, 9.17) is 42.1 Å². The topological polar surface area (TPSA) is 449 Å². The summed E-state index contributed by atoms with van der Waals surface area (Å²) >= 11 is 0. The summed E-state index contributed by atoms with van der Waals surface area (Å²) in [6, 6.07) is 4.87. The lowest BCUT2D eigenvalue weighted by atomic mass is 9.83. The van der Waals surface area contributed by atoms with Crippen LogP contribution in [-0.2, 0) is 66.6 Å². The van der Waals surface area contributed by atoms with Crippen molar-refractivity contribution in [1.82, 2.24) is 38.2 Å². The van der Waals surface area contributed by atoms with E-state index in [1.54, 1.807) is 6.92 Å². The minimum absolute atomic E-state index is 0.0132. The maximum Gasteiger partial charge on any atom is 0.330 e. The normalized spacial score (nSPS) is 29.5. The van der Waals surface area contributed by atoms with Crippen molar-refractivity contribution in [2.75, 3.05) is 12.9 Å². The van der Waals surface area contributed by atoms with Gasteiger partial charge in [0.05, 0.1) is 40.9 Å². The maximum absolute atomic E-state index is 12.1. The van der Waals surface area contributed by atoms with Crippen LogP contribution < -0.4 is 45.0 Å². The predicted molar refractivity (Wildman–Crippen MR) is 364 cm³/mol. The SMILES string of the molecule is CCC1(CC)OC(OC(C)=O)[C@H](OC(C)=O)[C@@H]1C.CCC1(CC)O[C@@H](n2ccc(=O)[nH]c2=O)[C@@H](O)[C@@H]1C.CCC1(CC)O[C@@H](n2ccc(=O)[nH]c2=O)[C@H](OC(C)=O)[C@@H]1C.CCC1(CC)O[C@@H](n2ccc(=O)[nH]c2=O)[C@H](OS(C)(=O)=O)[C@@H]1C.CC[C@@]1(CO)O[C@@H](n2ccc(=O)[nH]c2=O)[C@H](O)[C@@H]1C. The largest absolute Gasteiger partial charge is 0.457 e. The zero-order valence-corrected chi connectivity index (χ0v) is 61.7. The molecule has 0 radical (unpaired) electrons. The lowest BCUT2D eigenvalue weighted by molar-refractivity contribution is -0.205. The van der Waals surface area contributed by atoms with Crippen molar-refractivity contribution < 1.29 is 80.2 Å². The Morgan fingerprint density at radius 1 is 0.416 bits per heavy atom. The van der Waals surface area contributed by atoms with Crippen LogP contribution >= 0.6 is 0 Å². The number of hydrogen-bond donors (Lipinski definition) is 7. The smallest absolute Gasteiger partial charge is 0.330 e. The Labute approximate surface area is 584 Å². The number of esters is 3. The van der Waals surface area contributed by atoms with Crippen LogP contribution in [0.25, 0.3) is 0 Å². The van der Waals surface area contributed by atoms with Gasteiger partial charge in [0.15, 0.2) is 37.1 Å². The van der Waals surface area contributed by atoms with Crippen molar-refractivity contribution in [3.8, 4) is 0 Å². The Balaban J connectivity index is 0.000000228. The van der Waals surface area contributed by atoms with Gasteiger partial charge in [0.2, 0.25) is 6.29 Å². The molecular formula is C67H104N8O25S. The zero-order chi connectivity index (χ0) is 76.2. The standard InChI is InChI=1S/C15H22N2O5.C14H22N2O6S.C13H20N2O4.C13H22O5.C12H18N2O5/c1-5-15(6-2)9(3)12(21-10(4)18)13(22-15)17-8-7-11(19)16-14(17)20;1-5-14(6-2)9(3)11(22-23(4,19)20)12(21-14)16-8-7-10(17)15-13(16)18;1-4-13(5-2)8(3)10(17)11(19-13)15-7-6-9(16)14-12(15)18;1-6-13(7-2)8(3)11(16-9(4)14)12(18-13)17-10(5)15;1-3-12(6-15)7(2)9(17)10(19-12)14-5-4-8(16)13-11(14)18/h7-9,12-13H,5-6H2,1-4H3,(H,16,19,20);7-9,11-12H,5-6H2,1-4H3,(H,15,17,18);6-8,10-11,17H,4-5H2,1-3H3,(H,14,16,18);8,11-12H,6-7H2,1-5H3;4-5,7,9-10,15,17H,3,6H2,1-2H3,(H,13,16,18)/t9-,12+,13+;9-,11+,12+;8-,10-,11+;8-,11+,12?;7-,9+,10+,12-/m00000/s1. The highest BCUT2D eigenvalue weighted by Gasteiger charge is 2.57. The van der Waals surface area contributed by atoms with Gasteiger partial charge in [-0.25, -0.2) is 19.2 Å². The van der Waals surface area contributed by atoms with Gasteiger partial charge in [0.1, 0.15) is 18.3 Å². The lowest BCUT2D eigenvalue weighted by Crippen LogP contribution is -2.39. The van der Waals surface area contributed by atoms with Crippen LogP contribution in [0.15, 0.2) is 87.4 Å². The molecule has 0 bridgehead atoms. The third-order valence-corrected chi connectivity index (χ3v) is 21.7. The van der Waals surface area contributed by atoms with E-state index in [2.05, 4.69) is 19.9 Å². The molecule has 0 aliphatic carbocycles. The summed E-state index contributed by atoms with van der Waals surface area (Å²) < 4.78 is 78.8. The number of nitrogens with zero attached hydrogens (tertiary/aromatic N) is 4. The molecule has 4 aromatic rings. The second-order valence-corrected chi connectivity index (χ2v) is 27.8. The van der Waals surface area contributed by atoms with E-state index >= 15 is 0 Å². The minimum Gasteiger partial charge on any atom is -0.457 e. The molecule has 34 heteroatoms.